The Morgan fingerprint density at radius 3 is 2.54 bits per heavy atom. The first-order chi connectivity index (χ1) is 12.7. The standard InChI is InChI=1S/C22H21FN2O.2ClH/c1-24-22(21-11-8-16-4-2-3-5-20(16)26-21)18-12-17(13-25-14-18)15-6-9-19(23)10-7-15;;/h2-7,9-10,12-14,21-22,24H,8,11H2,1H3;2*1H/t21-,22?;;/m1../s1. The van der Waals surface area contributed by atoms with Gasteiger partial charge >= 0.3 is 0 Å². The first-order valence-corrected chi connectivity index (χ1v) is 8.87. The van der Waals surface area contributed by atoms with Gasteiger partial charge in [0.2, 0.25) is 0 Å². The highest BCUT2D eigenvalue weighted by molar-refractivity contribution is 5.85. The second kappa shape index (κ2) is 9.87. The number of aryl methyl sites for hydroxylation is 1. The quantitative estimate of drug-likeness (QED) is 0.614. The molecule has 1 unspecified atom stereocenters. The van der Waals surface area contributed by atoms with Crippen molar-refractivity contribution in [3.05, 3.63) is 83.9 Å². The third-order valence-electron chi connectivity index (χ3n) is 4.93. The van der Waals surface area contributed by atoms with Crippen LogP contribution in [0.1, 0.15) is 23.6 Å². The van der Waals surface area contributed by atoms with E-state index in [9.17, 15) is 4.39 Å². The summed E-state index contributed by atoms with van der Waals surface area (Å²) in [5.74, 6) is 0.729. The summed E-state index contributed by atoms with van der Waals surface area (Å²) in [5, 5.41) is 3.38. The van der Waals surface area contributed by atoms with Crippen LogP contribution in [0.25, 0.3) is 11.1 Å². The number of para-hydroxylation sites is 1. The van der Waals surface area contributed by atoms with Crippen LogP contribution >= 0.6 is 24.8 Å². The fourth-order valence-electron chi connectivity index (χ4n) is 3.58. The third-order valence-corrected chi connectivity index (χ3v) is 4.93. The first-order valence-electron chi connectivity index (χ1n) is 8.87. The van der Waals surface area contributed by atoms with Crippen molar-refractivity contribution in [1.29, 1.82) is 0 Å². The van der Waals surface area contributed by atoms with Crippen molar-refractivity contribution in [1.82, 2.24) is 10.3 Å². The van der Waals surface area contributed by atoms with Gasteiger partial charge in [-0.25, -0.2) is 4.39 Å². The van der Waals surface area contributed by atoms with Gasteiger partial charge in [-0.1, -0.05) is 30.3 Å². The van der Waals surface area contributed by atoms with E-state index in [4.69, 9.17) is 4.74 Å². The van der Waals surface area contributed by atoms with E-state index in [-0.39, 0.29) is 42.8 Å². The second-order valence-corrected chi connectivity index (χ2v) is 6.58. The van der Waals surface area contributed by atoms with Gasteiger partial charge in [0.15, 0.2) is 0 Å². The van der Waals surface area contributed by atoms with Gasteiger partial charge in [0.1, 0.15) is 17.7 Å². The van der Waals surface area contributed by atoms with E-state index >= 15 is 0 Å². The van der Waals surface area contributed by atoms with Crippen LogP contribution in [0.3, 0.4) is 0 Å². The molecular weight excluding hydrogens is 398 g/mol. The molecule has 0 saturated heterocycles. The van der Waals surface area contributed by atoms with Gasteiger partial charge in [0.25, 0.3) is 0 Å². The number of hydrogen-bond donors (Lipinski definition) is 1. The highest BCUT2D eigenvalue weighted by Crippen LogP contribution is 2.33. The lowest BCUT2D eigenvalue weighted by Crippen LogP contribution is -2.36. The average molecular weight is 421 g/mol. The summed E-state index contributed by atoms with van der Waals surface area (Å²) in [7, 11) is 1.94. The number of benzene rings is 2. The molecule has 2 atom stereocenters. The van der Waals surface area contributed by atoms with E-state index in [1.807, 2.05) is 31.4 Å². The molecule has 0 radical (unpaired) electrons. The SMILES string of the molecule is CNC(c1cncc(-c2ccc(F)cc2)c1)[C@H]1CCc2ccccc2O1.Cl.Cl. The Hall–Kier alpha value is -2.14. The molecule has 3 nitrogen and oxygen atoms in total. The summed E-state index contributed by atoms with van der Waals surface area (Å²) < 4.78 is 19.4. The molecule has 0 amide bonds. The van der Waals surface area contributed by atoms with Crippen molar-refractivity contribution in [2.45, 2.75) is 25.0 Å². The molecule has 2 aromatic carbocycles. The molecule has 148 valence electrons. The van der Waals surface area contributed by atoms with E-state index < -0.39 is 0 Å². The zero-order valence-electron chi connectivity index (χ0n) is 15.5. The minimum absolute atomic E-state index is 0. The molecule has 1 aliphatic heterocycles. The summed E-state index contributed by atoms with van der Waals surface area (Å²) in [6.45, 7) is 0. The zero-order chi connectivity index (χ0) is 17.9. The lowest BCUT2D eigenvalue weighted by atomic mass is 9.93. The minimum Gasteiger partial charge on any atom is -0.488 e. The largest absolute Gasteiger partial charge is 0.488 e. The number of hydrogen-bond acceptors (Lipinski definition) is 3. The molecule has 2 heterocycles. The van der Waals surface area contributed by atoms with Crippen LogP contribution in [0.4, 0.5) is 4.39 Å². The lowest BCUT2D eigenvalue weighted by molar-refractivity contribution is 0.132. The highest BCUT2D eigenvalue weighted by atomic mass is 35.5. The summed E-state index contributed by atoms with van der Waals surface area (Å²) >= 11 is 0. The second-order valence-electron chi connectivity index (χ2n) is 6.58. The summed E-state index contributed by atoms with van der Waals surface area (Å²) in [4.78, 5) is 4.40. The van der Waals surface area contributed by atoms with E-state index in [2.05, 4.69) is 22.4 Å². The van der Waals surface area contributed by atoms with E-state index in [1.54, 1.807) is 18.3 Å². The van der Waals surface area contributed by atoms with Gasteiger partial charge < -0.3 is 10.1 Å². The van der Waals surface area contributed by atoms with Crippen LogP contribution in [0.15, 0.2) is 67.0 Å². The number of likely N-dealkylation sites (N-methyl/N-ethyl adjacent to an activating group) is 1. The summed E-state index contributed by atoms with van der Waals surface area (Å²) in [6, 6.07) is 16.8. The van der Waals surface area contributed by atoms with E-state index in [1.165, 1.54) is 17.7 Å². The van der Waals surface area contributed by atoms with Gasteiger partial charge in [-0.2, -0.15) is 0 Å². The number of ether oxygens (including phenoxy) is 1. The normalized spacial score (nSPS) is 16.0. The Labute approximate surface area is 177 Å². The van der Waals surface area contributed by atoms with E-state index in [0.717, 1.165) is 35.3 Å². The van der Waals surface area contributed by atoms with Gasteiger partial charge in [-0.15, -0.1) is 24.8 Å². The molecule has 4 rings (SSSR count). The number of rotatable bonds is 4. The summed E-state index contributed by atoms with van der Waals surface area (Å²) in [5.41, 5.74) is 4.25. The maximum atomic E-state index is 13.2. The number of halogens is 3. The Morgan fingerprint density at radius 2 is 1.79 bits per heavy atom. The Bertz CT molecular complexity index is 905. The number of fused-ring (bicyclic) bond motifs is 1. The lowest BCUT2D eigenvalue weighted by Gasteiger charge is -2.32. The van der Waals surface area contributed by atoms with E-state index in [0.29, 0.717) is 0 Å². The molecule has 1 aliphatic rings. The zero-order valence-corrected chi connectivity index (χ0v) is 17.1. The minimum atomic E-state index is -0.236. The van der Waals surface area contributed by atoms with Gasteiger partial charge in [0.05, 0.1) is 6.04 Å². The van der Waals surface area contributed by atoms with Crippen LogP contribution in [0, 0.1) is 5.82 Å². The molecule has 28 heavy (non-hydrogen) atoms. The Morgan fingerprint density at radius 1 is 1.04 bits per heavy atom. The number of pyridine rings is 1. The topological polar surface area (TPSA) is 34.2 Å². The predicted molar refractivity (Wildman–Crippen MR) is 115 cm³/mol. The first kappa shape index (κ1) is 22.2. The van der Waals surface area contributed by atoms with Crippen molar-refractivity contribution >= 4 is 24.8 Å². The summed E-state index contributed by atoms with van der Waals surface area (Å²) in [6.07, 6.45) is 5.67. The molecule has 0 aliphatic carbocycles. The fourth-order valence-corrected chi connectivity index (χ4v) is 3.58. The smallest absolute Gasteiger partial charge is 0.123 e. The Balaban J connectivity index is 0.00000140. The van der Waals surface area contributed by atoms with Crippen molar-refractivity contribution in [2.75, 3.05) is 7.05 Å². The van der Waals surface area contributed by atoms with Crippen molar-refractivity contribution < 1.29 is 9.13 Å². The third kappa shape index (κ3) is 4.64. The van der Waals surface area contributed by atoms with Gasteiger partial charge in [0, 0.05) is 18.0 Å². The van der Waals surface area contributed by atoms with Crippen LogP contribution in [0.2, 0.25) is 0 Å². The molecule has 1 aromatic heterocycles. The molecule has 0 fully saturated rings. The van der Waals surface area contributed by atoms with Crippen molar-refractivity contribution in [2.24, 2.45) is 0 Å². The highest BCUT2D eigenvalue weighted by Gasteiger charge is 2.28. The van der Waals surface area contributed by atoms with Crippen molar-refractivity contribution in [3.63, 3.8) is 0 Å². The van der Waals surface area contributed by atoms with Crippen LogP contribution < -0.4 is 10.1 Å². The van der Waals surface area contributed by atoms with Crippen LogP contribution in [-0.4, -0.2) is 18.1 Å². The predicted octanol–water partition coefficient (Wildman–Crippen LogP) is 5.39. The van der Waals surface area contributed by atoms with Gasteiger partial charge in [-0.05, 0) is 60.8 Å². The molecule has 3 aromatic rings. The molecule has 0 saturated carbocycles. The van der Waals surface area contributed by atoms with Crippen molar-refractivity contribution in [3.8, 4) is 16.9 Å². The number of nitrogens with zero attached hydrogens (tertiary/aromatic N) is 1. The fraction of sp³-hybridized carbons (Fsp3) is 0.227. The number of nitrogens with one attached hydrogen (secondary N) is 1. The maximum Gasteiger partial charge on any atom is 0.123 e. The van der Waals surface area contributed by atoms with Gasteiger partial charge in [-0.3, -0.25) is 4.98 Å². The molecule has 0 spiro atoms. The molecule has 6 heteroatoms. The Kier molecular flexibility index (Phi) is 7.81. The molecule has 0 bridgehead atoms. The van der Waals surface area contributed by atoms with Crippen LogP contribution in [0.5, 0.6) is 5.75 Å². The molecular formula is C22H23Cl2FN2O. The molecule has 1 N–H and O–H groups in total. The number of aromatic nitrogens is 1. The monoisotopic (exact) mass is 420 g/mol. The average Bonchev–Trinajstić information content (AvgIpc) is 2.69. The maximum absolute atomic E-state index is 13.2. The van der Waals surface area contributed by atoms with Crippen LogP contribution in [-0.2, 0) is 6.42 Å².